The fourth-order valence-corrected chi connectivity index (χ4v) is 11.9. The monoisotopic (exact) mass is 1300 g/mol. The predicted octanol–water partition coefficient (Wildman–Crippen LogP) is 19.3. The maximum atomic E-state index is 13.0. The summed E-state index contributed by atoms with van der Waals surface area (Å²) in [4.78, 5) is 72.4. The van der Waals surface area contributed by atoms with E-state index < -0.39 is 97.5 Å². The summed E-state index contributed by atoms with van der Waals surface area (Å²) < 4.78 is 68.1. The highest BCUT2D eigenvalue weighted by molar-refractivity contribution is 7.47. The van der Waals surface area contributed by atoms with Gasteiger partial charge in [-0.1, -0.05) is 287 Å². The van der Waals surface area contributed by atoms with Gasteiger partial charge in [0.25, 0.3) is 0 Å². The number of rotatable bonds is 66. The van der Waals surface area contributed by atoms with Crippen molar-refractivity contribution in [3.05, 3.63) is 0 Å². The molecule has 0 bridgehead atoms. The van der Waals surface area contributed by atoms with E-state index in [0.29, 0.717) is 37.5 Å². The lowest BCUT2D eigenvalue weighted by Crippen LogP contribution is -2.30. The molecule has 0 rings (SSSR count). The number of esters is 4. The highest BCUT2D eigenvalue weighted by atomic mass is 31.2. The van der Waals surface area contributed by atoms with Crippen LogP contribution in [0.5, 0.6) is 0 Å². The number of carbonyl (C=O) groups is 4. The van der Waals surface area contributed by atoms with Crippen LogP contribution in [0.25, 0.3) is 0 Å². The van der Waals surface area contributed by atoms with Crippen LogP contribution in [0.3, 0.4) is 0 Å². The van der Waals surface area contributed by atoms with E-state index >= 15 is 0 Å². The summed E-state index contributed by atoms with van der Waals surface area (Å²) in [5.74, 6) is 0.801. The number of hydrogen-bond donors (Lipinski definition) is 3. The van der Waals surface area contributed by atoms with E-state index in [9.17, 15) is 43.2 Å². The molecule has 6 atom stereocenters. The Morgan fingerprint density at radius 1 is 0.318 bits per heavy atom. The first-order valence-corrected chi connectivity index (χ1v) is 38.7. The molecule has 0 spiro atoms. The van der Waals surface area contributed by atoms with Crippen molar-refractivity contribution in [1.82, 2.24) is 0 Å². The maximum absolute atomic E-state index is 13.0. The molecule has 0 radical (unpaired) electrons. The van der Waals surface area contributed by atoms with Gasteiger partial charge in [-0.2, -0.15) is 0 Å². The number of carbonyl (C=O) groups excluding carboxylic acids is 4. The first kappa shape index (κ1) is 86.1. The highest BCUT2D eigenvalue weighted by Gasteiger charge is 2.30. The first-order chi connectivity index (χ1) is 42.1. The summed E-state index contributed by atoms with van der Waals surface area (Å²) in [6, 6.07) is 0. The maximum Gasteiger partial charge on any atom is 0.472 e. The molecule has 0 amide bonds. The summed E-state index contributed by atoms with van der Waals surface area (Å²) in [6.45, 7) is 14.0. The van der Waals surface area contributed by atoms with E-state index in [-0.39, 0.29) is 25.7 Å². The van der Waals surface area contributed by atoms with Crippen molar-refractivity contribution in [2.24, 2.45) is 23.7 Å². The van der Waals surface area contributed by atoms with Crippen LogP contribution in [0.4, 0.5) is 0 Å². The second kappa shape index (κ2) is 58.8. The zero-order valence-electron chi connectivity index (χ0n) is 57.3. The van der Waals surface area contributed by atoms with Crippen LogP contribution in [0, 0.1) is 23.7 Å². The molecule has 0 fully saturated rings. The minimum absolute atomic E-state index is 0.101. The lowest BCUT2D eigenvalue weighted by molar-refractivity contribution is -0.161. The van der Waals surface area contributed by atoms with E-state index in [1.807, 2.05) is 0 Å². The van der Waals surface area contributed by atoms with E-state index in [2.05, 4.69) is 55.4 Å². The van der Waals surface area contributed by atoms with Gasteiger partial charge in [0, 0.05) is 25.7 Å². The Balaban J connectivity index is 5.21. The highest BCUT2D eigenvalue weighted by Crippen LogP contribution is 2.45. The summed E-state index contributed by atoms with van der Waals surface area (Å²) in [7, 11) is -9.90. The Labute approximate surface area is 537 Å². The fourth-order valence-electron chi connectivity index (χ4n) is 10.3. The summed E-state index contributed by atoms with van der Waals surface area (Å²) in [5, 5.41) is 10.6. The van der Waals surface area contributed by atoms with Crippen molar-refractivity contribution < 1.29 is 80.2 Å². The van der Waals surface area contributed by atoms with E-state index in [1.165, 1.54) is 135 Å². The van der Waals surface area contributed by atoms with Gasteiger partial charge in [-0.3, -0.25) is 37.3 Å². The number of hydrogen-bond acceptors (Lipinski definition) is 15. The topological polar surface area (TPSA) is 237 Å². The van der Waals surface area contributed by atoms with Crippen LogP contribution in [-0.2, 0) is 65.4 Å². The molecule has 3 N–H and O–H groups in total. The average Bonchev–Trinajstić information content (AvgIpc) is 3.48. The third kappa shape index (κ3) is 61.6. The van der Waals surface area contributed by atoms with Crippen molar-refractivity contribution >= 4 is 39.5 Å². The van der Waals surface area contributed by atoms with Gasteiger partial charge in [0.1, 0.15) is 19.3 Å². The van der Waals surface area contributed by atoms with Crippen LogP contribution in [0.15, 0.2) is 0 Å². The molecular formula is C69H134O17P2. The quantitative estimate of drug-likeness (QED) is 0.0222. The third-order valence-corrected chi connectivity index (χ3v) is 18.1. The van der Waals surface area contributed by atoms with Gasteiger partial charge in [0.15, 0.2) is 12.2 Å². The molecule has 0 aliphatic rings. The second-order valence-electron chi connectivity index (χ2n) is 26.6. The molecule has 0 aliphatic carbocycles. The van der Waals surface area contributed by atoms with Gasteiger partial charge in [-0.05, 0) is 49.4 Å². The van der Waals surface area contributed by atoms with Crippen molar-refractivity contribution in [2.45, 2.75) is 356 Å². The molecule has 0 saturated heterocycles. The fraction of sp³-hybridized carbons (Fsp3) is 0.942. The third-order valence-electron chi connectivity index (χ3n) is 16.2. The number of phosphoric acid groups is 2. The van der Waals surface area contributed by atoms with Crippen LogP contribution < -0.4 is 0 Å². The molecule has 0 heterocycles. The van der Waals surface area contributed by atoms with E-state index in [0.717, 1.165) is 108 Å². The normalized spacial score (nSPS) is 14.6. The van der Waals surface area contributed by atoms with Crippen molar-refractivity contribution in [3.8, 4) is 0 Å². The van der Waals surface area contributed by atoms with Crippen molar-refractivity contribution in [1.29, 1.82) is 0 Å². The van der Waals surface area contributed by atoms with E-state index in [4.69, 9.17) is 37.0 Å². The van der Waals surface area contributed by atoms with Gasteiger partial charge >= 0.3 is 39.5 Å². The predicted molar refractivity (Wildman–Crippen MR) is 354 cm³/mol. The molecule has 0 aliphatic heterocycles. The van der Waals surface area contributed by atoms with Crippen LogP contribution in [-0.4, -0.2) is 96.7 Å². The Bertz CT molecular complexity index is 1750. The smallest absolute Gasteiger partial charge is 0.462 e. The Morgan fingerprint density at radius 2 is 0.545 bits per heavy atom. The van der Waals surface area contributed by atoms with Gasteiger partial charge in [-0.15, -0.1) is 0 Å². The molecular weight excluding hydrogens is 1160 g/mol. The average molecular weight is 1300 g/mol. The Hall–Kier alpha value is -1.94. The standard InChI is InChI=1S/C69H134O17P2/c1-9-62(8)48-40-32-22-18-14-12-10-11-13-15-19-24-35-43-51-68(73)85-64(55-79-66(71)49-41-33-23-20-16-17-21-29-37-45-59(2)3)57-83-87(75,76)81-53-63(70)54-82-88(77,78)84-58-65(86-69(74)52-44-36-28-26-31-39-47-61(6)7)56-80-67(72)50-42-34-27-25-30-38-46-60(4)5/h59-65,70H,9-58H2,1-8H3,(H,75,76)(H,77,78)/t62?,63-,64-,65-/m1/s1. The SMILES string of the molecule is CCC(C)CCCCCCCCCCCCCCCCC(=O)O[C@H](COC(=O)CCCCCCCCCCCC(C)C)COP(=O)(O)OC[C@@H](O)COP(=O)(O)OC[C@@H](COC(=O)CCCCCCCCC(C)C)OC(=O)CCCCCCCCC(C)C. The zero-order chi connectivity index (χ0) is 65.4. The molecule has 3 unspecified atom stereocenters. The lowest BCUT2D eigenvalue weighted by Gasteiger charge is -2.21. The number of aliphatic hydroxyl groups excluding tert-OH is 1. The molecule has 88 heavy (non-hydrogen) atoms. The number of phosphoric ester groups is 2. The lowest BCUT2D eigenvalue weighted by atomic mass is 9.99. The zero-order valence-corrected chi connectivity index (χ0v) is 59.1. The molecule has 0 aromatic carbocycles. The van der Waals surface area contributed by atoms with Crippen LogP contribution >= 0.6 is 15.6 Å². The Kier molecular flexibility index (Phi) is 57.6. The summed E-state index contributed by atoms with van der Waals surface area (Å²) in [5.41, 5.74) is 0. The molecule has 17 nitrogen and oxygen atoms in total. The van der Waals surface area contributed by atoms with Crippen molar-refractivity contribution in [3.63, 3.8) is 0 Å². The second-order valence-corrected chi connectivity index (χ2v) is 29.5. The number of aliphatic hydroxyl groups is 1. The van der Waals surface area contributed by atoms with Gasteiger partial charge in [-0.25, -0.2) is 9.13 Å². The van der Waals surface area contributed by atoms with Crippen LogP contribution in [0.1, 0.15) is 338 Å². The molecule has 0 aromatic rings. The minimum atomic E-state index is -4.95. The minimum Gasteiger partial charge on any atom is -0.462 e. The molecule has 0 saturated carbocycles. The summed E-state index contributed by atoms with van der Waals surface area (Å²) in [6.07, 6.45) is 40.6. The number of ether oxygens (including phenoxy) is 4. The Morgan fingerprint density at radius 3 is 0.807 bits per heavy atom. The summed E-state index contributed by atoms with van der Waals surface area (Å²) >= 11 is 0. The van der Waals surface area contributed by atoms with Crippen molar-refractivity contribution in [2.75, 3.05) is 39.6 Å². The van der Waals surface area contributed by atoms with Crippen LogP contribution in [0.2, 0.25) is 0 Å². The van der Waals surface area contributed by atoms with Gasteiger partial charge in [0.05, 0.1) is 26.4 Å². The first-order valence-electron chi connectivity index (χ1n) is 35.7. The van der Waals surface area contributed by atoms with Gasteiger partial charge < -0.3 is 33.8 Å². The molecule has 0 aromatic heterocycles. The molecule has 522 valence electrons. The van der Waals surface area contributed by atoms with E-state index in [1.54, 1.807) is 0 Å². The largest absolute Gasteiger partial charge is 0.472 e. The van der Waals surface area contributed by atoms with Gasteiger partial charge in [0.2, 0.25) is 0 Å². The molecule has 19 heteroatoms. The number of unbranched alkanes of at least 4 members (excludes halogenated alkanes) is 31.